The van der Waals surface area contributed by atoms with E-state index in [4.69, 9.17) is 4.74 Å². The van der Waals surface area contributed by atoms with Gasteiger partial charge in [-0.15, -0.1) is 0 Å². The second-order valence-electron chi connectivity index (χ2n) is 2.99. The molecule has 0 bridgehead atoms. The molecular weight excluding hydrogens is 182 g/mol. The molecule has 0 amide bonds. The number of methoxy groups -OCH3 is 1. The fraction of sp³-hybridized carbons (Fsp3) is 0.900. The zero-order chi connectivity index (χ0) is 10.8. The largest absolute Gasteiger partial charge is 0.468 e. The lowest BCUT2D eigenvalue weighted by atomic mass is 10.2. The van der Waals surface area contributed by atoms with Crippen molar-refractivity contribution in [3.8, 4) is 0 Å². The molecule has 1 atom stereocenters. The summed E-state index contributed by atoms with van der Waals surface area (Å²) in [6, 6.07) is -0.179. The molecule has 4 nitrogen and oxygen atoms in total. The minimum absolute atomic E-state index is 0.179. The van der Waals surface area contributed by atoms with E-state index in [0.717, 1.165) is 32.6 Å². The summed E-state index contributed by atoms with van der Waals surface area (Å²) in [5.74, 6) is -0.191. The van der Waals surface area contributed by atoms with Crippen LogP contribution >= 0.6 is 0 Å². The third kappa shape index (κ3) is 5.94. The number of esters is 1. The smallest absolute Gasteiger partial charge is 0.322 e. The van der Waals surface area contributed by atoms with Crippen LogP contribution in [0.3, 0.4) is 0 Å². The van der Waals surface area contributed by atoms with E-state index in [2.05, 4.69) is 10.1 Å². The Hall–Kier alpha value is -0.610. The van der Waals surface area contributed by atoms with Crippen LogP contribution < -0.4 is 5.32 Å². The van der Waals surface area contributed by atoms with Gasteiger partial charge in [-0.2, -0.15) is 0 Å². The van der Waals surface area contributed by atoms with Crippen LogP contribution in [0.25, 0.3) is 0 Å². The molecule has 0 aromatic heterocycles. The molecule has 0 heterocycles. The number of ether oxygens (including phenoxy) is 2. The highest BCUT2D eigenvalue weighted by Gasteiger charge is 2.14. The molecule has 0 aliphatic rings. The molecule has 0 saturated heterocycles. The molecular formula is C10H21NO3. The van der Waals surface area contributed by atoms with Gasteiger partial charge in [0, 0.05) is 13.2 Å². The van der Waals surface area contributed by atoms with Crippen molar-refractivity contribution in [3.05, 3.63) is 0 Å². The molecule has 84 valence electrons. The topological polar surface area (TPSA) is 47.6 Å². The Morgan fingerprint density at radius 2 is 2.14 bits per heavy atom. The van der Waals surface area contributed by atoms with Gasteiger partial charge in [-0.05, 0) is 26.3 Å². The van der Waals surface area contributed by atoms with E-state index in [1.165, 1.54) is 7.11 Å². The summed E-state index contributed by atoms with van der Waals surface area (Å²) < 4.78 is 9.83. The summed E-state index contributed by atoms with van der Waals surface area (Å²) in [4.78, 5) is 11.1. The van der Waals surface area contributed by atoms with Gasteiger partial charge in [-0.3, -0.25) is 4.79 Å². The normalized spacial score (nSPS) is 12.5. The van der Waals surface area contributed by atoms with E-state index in [0.29, 0.717) is 0 Å². The van der Waals surface area contributed by atoms with Crippen LogP contribution in [-0.2, 0) is 14.3 Å². The van der Waals surface area contributed by atoms with Gasteiger partial charge in [-0.25, -0.2) is 0 Å². The molecule has 0 saturated carbocycles. The maximum absolute atomic E-state index is 11.1. The fourth-order valence-electron chi connectivity index (χ4n) is 1.13. The van der Waals surface area contributed by atoms with Gasteiger partial charge in [0.2, 0.25) is 0 Å². The summed E-state index contributed by atoms with van der Waals surface area (Å²) in [5, 5.41) is 3.12. The molecule has 0 aliphatic heterocycles. The first-order valence-electron chi connectivity index (χ1n) is 5.15. The summed E-state index contributed by atoms with van der Waals surface area (Å²) >= 11 is 0. The molecule has 0 fully saturated rings. The Labute approximate surface area is 86.0 Å². The van der Waals surface area contributed by atoms with E-state index < -0.39 is 0 Å². The highest BCUT2D eigenvalue weighted by molar-refractivity contribution is 5.75. The van der Waals surface area contributed by atoms with Crippen LogP contribution in [0.2, 0.25) is 0 Å². The van der Waals surface area contributed by atoms with Gasteiger partial charge < -0.3 is 14.8 Å². The molecule has 14 heavy (non-hydrogen) atoms. The van der Waals surface area contributed by atoms with Crippen molar-refractivity contribution in [1.29, 1.82) is 0 Å². The second-order valence-corrected chi connectivity index (χ2v) is 2.99. The maximum atomic E-state index is 11.1. The average Bonchev–Trinajstić information content (AvgIpc) is 2.22. The third-order valence-corrected chi connectivity index (χ3v) is 1.95. The van der Waals surface area contributed by atoms with Crippen molar-refractivity contribution in [2.24, 2.45) is 0 Å². The van der Waals surface area contributed by atoms with Crippen molar-refractivity contribution in [1.82, 2.24) is 5.32 Å². The van der Waals surface area contributed by atoms with Crippen molar-refractivity contribution in [3.63, 3.8) is 0 Å². The van der Waals surface area contributed by atoms with E-state index in [9.17, 15) is 4.79 Å². The van der Waals surface area contributed by atoms with Crippen LogP contribution in [0.4, 0.5) is 0 Å². The highest BCUT2D eigenvalue weighted by Crippen LogP contribution is 1.94. The molecule has 4 heteroatoms. The second kappa shape index (κ2) is 8.97. The Balaban J connectivity index is 3.48. The van der Waals surface area contributed by atoms with Crippen molar-refractivity contribution < 1.29 is 14.3 Å². The van der Waals surface area contributed by atoms with Gasteiger partial charge in [0.25, 0.3) is 0 Å². The minimum atomic E-state index is -0.191. The van der Waals surface area contributed by atoms with Crippen molar-refractivity contribution in [2.75, 3.05) is 26.9 Å². The molecule has 0 aromatic carbocycles. The minimum Gasteiger partial charge on any atom is -0.468 e. The molecule has 0 radical (unpaired) electrons. The Kier molecular flexibility index (Phi) is 8.57. The SMILES string of the molecule is CCOCCCNC(CC)C(=O)OC. The van der Waals surface area contributed by atoms with Gasteiger partial charge in [-0.1, -0.05) is 6.92 Å². The summed E-state index contributed by atoms with van der Waals surface area (Å²) in [5.41, 5.74) is 0. The van der Waals surface area contributed by atoms with Gasteiger partial charge in [0.1, 0.15) is 6.04 Å². The fourth-order valence-corrected chi connectivity index (χ4v) is 1.13. The molecule has 0 aromatic rings. The predicted molar refractivity (Wildman–Crippen MR) is 55.2 cm³/mol. The predicted octanol–water partition coefficient (Wildman–Crippen LogP) is 0.954. The Morgan fingerprint density at radius 3 is 2.64 bits per heavy atom. The van der Waals surface area contributed by atoms with E-state index in [1.54, 1.807) is 0 Å². The van der Waals surface area contributed by atoms with Crippen LogP contribution in [0.15, 0.2) is 0 Å². The number of carbonyl (C=O) groups is 1. The van der Waals surface area contributed by atoms with Crippen LogP contribution in [0.1, 0.15) is 26.7 Å². The van der Waals surface area contributed by atoms with E-state index in [1.807, 2.05) is 13.8 Å². The van der Waals surface area contributed by atoms with E-state index in [-0.39, 0.29) is 12.0 Å². The number of hydrogen-bond acceptors (Lipinski definition) is 4. The first-order chi connectivity index (χ1) is 6.76. The Bertz CT molecular complexity index is 150. The van der Waals surface area contributed by atoms with Gasteiger partial charge in [0.05, 0.1) is 7.11 Å². The third-order valence-electron chi connectivity index (χ3n) is 1.95. The molecule has 0 spiro atoms. The number of hydrogen-bond donors (Lipinski definition) is 1. The lowest BCUT2D eigenvalue weighted by molar-refractivity contribution is -0.143. The van der Waals surface area contributed by atoms with Gasteiger partial charge >= 0.3 is 5.97 Å². The molecule has 0 aliphatic carbocycles. The van der Waals surface area contributed by atoms with Crippen molar-refractivity contribution >= 4 is 5.97 Å². The lowest BCUT2D eigenvalue weighted by Crippen LogP contribution is -2.37. The lowest BCUT2D eigenvalue weighted by Gasteiger charge is -2.13. The summed E-state index contributed by atoms with van der Waals surface area (Å²) in [6.45, 7) is 6.19. The van der Waals surface area contributed by atoms with Crippen LogP contribution in [0.5, 0.6) is 0 Å². The molecule has 0 rings (SSSR count). The quantitative estimate of drug-likeness (QED) is 0.471. The molecule has 1 N–H and O–H groups in total. The summed E-state index contributed by atoms with van der Waals surface area (Å²) in [6.07, 6.45) is 1.67. The summed E-state index contributed by atoms with van der Waals surface area (Å²) in [7, 11) is 1.41. The first kappa shape index (κ1) is 13.4. The monoisotopic (exact) mass is 203 g/mol. The van der Waals surface area contributed by atoms with Gasteiger partial charge in [0.15, 0.2) is 0 Å². The highest BCUT2D eigenvalue weighted by atomic mass is 16.5. The number of rotatable bonds is 8. The van der Waals surface area contributed by atoms with Crippen LogP contribution in [-0.4, -0.2) is 38.9 Å². The number of carbonyl (C=O) groups excluding carboxylic acids is 1. The van der Waals surface area contributed by atoms with E-state index >= 15 is 0 Å². The number of nitrogens with one attached hydrogen (secondary N) is 1. The Morgan fingerprint density at radius 1 is 1.43 bits per heavy atom. The zero-order valence-corrected chi connectivity index (χ0v) is 9.34. The standard InChI is InChI=1S/C10H21NO3/c1-4-9(10(12)13-3)11-7-6-8-14-5-2/h9,11H,4-8H2,1-3H3. The average molecular weight is 203 g/mol. The molecule has 1 unspecified atom stereocenters. The first-order valence-corrected chi connectivity index (χ1v) is 5.15. The maximum Gasteiger partial charge on any atom is 0.322 e. The van der Waals surface area contributed by atoms with Crippen LogP contribution in [0, 0.1) is 0 Å². The van der Waals surface area contributed by atoms with Crippen molar-refractivity contribution in [2.45, 2.75) is 32.7 Å². The zero-order valence-electron chi connectivity index (χ0n) is 9.34.